The molecule has 1 nitrogen and oxygen atoms in total. The Labute approximate surface area is 106 Å². The lowest BCUT2D eigenvalue weighted by atomic mass is 9.86. The second-order valence-electron chi connectivity index (χ2n) is 6.15. The molecule has 96 valence electrons. The molecular weight excluding hydrogens is 208 g/mol. The molecule has 0 radical (unpaired) electrons. The van der Waals surface area contributed by atoms with Crippen molar-refractivity contribution in [2.75, 3.05) is 0 Å². The van der Waals surface area contributed by atoms with Crippen LogP contribution in [0.5, 0.6) is 0 Å². The maximum absolute atomic E-state index is 5.75. The van der Waals surface area contributed by atoms with Crippen LogP contribution in [0, 0.1) is 0 Å². The average molecular weight is 234 g/mol. The second-order valence-corrected chi connectivity index (χ2v) is 6.15. The molecule has 0 fully saturated rings. The third kappa shape index (κ3) is 4.91. The molecule has 0 aliphatic heterocycles. The standard InChI is InChI=1S/C16H26O/c1-12(2)17-13(3)11-14-7-9-15(10-8-14)16(4,5)6/h7-10,12-13H,11H2,1-6H3. The van der Waals surface area contributed by atoms with Crippen LogP contribution in [0.2, 0.25) is 0 Å². The van der Waals surface area contributed by atoms with Gasteiger partial charge in [-0.25, -0.2) is 0 Å². The van der Waals surface area contributed by atoms with Crippen molar-refractivity contribution in [3.8, 4) is 0 Å². The van der Waals surface area contributed by atoms with Crippen LogP contribution in [0.1, 0.15) is 52.7 Å². The molecule has 1 rings (SSSR count). The lowest BCUT2D eigenvalue weighted by Crippen LogP contribution is -2.17. The molecule has 0 saturated heterocycles. The maximum Gasteiger partial charge on any atom is 0.0590 e. The number of rotatable bonds is 4. The fraction of sp³-hybridized carbons (Fsp3) is 0.625. The van der Waals surface area contributed by atoms with Gasteiger partial charge in [0.1, 0.15) is 0 Å². The lowest BCUT2D eigenvalue weighted by Gasteiger charge is -2.20. The van der Waals surface area contributed by atoms with E-state index in [-0.39, 0.29) is 11.5 Å². The summed E-state index contributed by atoms with van der Waals surface area (Å²) in [5, 5.41) is 0. The van der Waals surface area contributed by atoms with Gasteiger partial charge in [-0.15, -0.1) is 0 Å². The van der Waals surface area contributed by atoms with Gasteiger partial charge in [-0.1, -0.05) is 45.0 Å². The van der Waals surface area contributed by atoms with E-state index in [0.29, 0.717) is 6.10 Å². The average Bonchev–Trinajstić information content (AvgIpc) is 2.15. The zero-order valence-electron chi connectivity index (χ0n) is 12.1. The Morgan fingerprint density at radius 3 is 1.94 bits per heavy atom. The summed E-state index contributed by atoms with van der Waals surface area (Å²) in [7, 11) is 0. The van der Waals surface area contributed by atoms with E-state index < -0.39 is 0 Å². The molecule has 1 aromatic rings. The largest absolute Gasteiger partial charge is 0.376 e. The summed E-state index contributed by atoms with van der Waals surface area (Å²) in [5.41, 5.74) is 2.98. The van der Waals surface area contributed by atoms with E-state index in [1.54, 1.807) is 0 Å². The fourth-order valence-electron chi connectivity index (χ4n) is 1.99. The molecule has 0 aliphatic rings. The molecule has 17 heavy (non-hydrogen) atoms. The first kappa shape index (κ1) is 14.2. The van der Waals surface area contributed by atoms with E-state index >= 15 is 0 Å². The molecule has 0 saturated carbocycles. The van der Waals surface area contributed by atoms with Crippen molar-refractivity contribution in [3.63, 3.8) is 0 Å². The normalized spacial score (nSPS) is 14.1. The molecule has 0 N–H and O–H groups in total. The lowest BCUT2D eigenvalue weighted by molar-refractivity contribution is 0.0195. The van der Waals surface area contributed by atoms with Crippen LogP contribution in [0.15, 0.2) is 24.3 Å². The number of hydrogen-bond acceptors (Lipinski definition) is 1. The van der Waals surface area contributed by atoms with Crippen LogP contribution in [0.25, 0.3) is 0 Å². The van der Waals surface area contributed by atoms with E-state index in [2.05, 4.69) is 65.8 Å². The van der Waals surface area contributed by atoms with E-state index in [4.69, 9.17) is 4.74 Å². The van der Waals surface area contributed by atoms with Crippen molar-refractivity contribution in [1.29, 1.82) is 0 Å². The maximum atomic E-state index is 5.75. The molecule has 1 atom stereocenters. The highest BCUT2D eigenvalue weighted by Crippen LogP contribution is 2.22. The number of ether oxygens (including phenoxy) is 1. The first-order chi connectivity index (χ1) is 7.79. The van der Waals surface area contributed by atoms with Gasteiger partial charge in [0, 0.05) is 0 Å². The van der Waals surface area contributed by atoms with Crippen LogP contribution in [0.4, 0.5) is 0 Å². The quantitative estimate of drug-likeness (QED) is 0.753. The van der Waals surface area contributed by atoms with E-state index in [0.717, 1.165) is 6.42 Å². The van der Waals surface area contributed by atoms with Crippen molar-refractivity contribution in [3.05, 3.63) is 35.4 Å². The number of benzene rings is 1. The van der Waals surface area contributed by atoms with Crippen molar-refractivity contribution in [1.82, 2.24) is 0 Å². The molecule has 0 bridgehead atoms. The summed E-state index contributed by atoms with van der Waals surface area (Å²) < 4.78 is 5.75. The Bertz CT molecular complexity index is 330. The summed E-state index contributed by atoms with van der Waals surface area (Å²) in [6.45, 7) is 13.0. The molecule has 0 heterocycles. The van der Waals surface area contributed by atoms with Gasteiger partial charge in [-0.3, -0.25) is 0 Å². The number of hydrogen-bond donors (Lipinski definition) is 0. The van der Waals surface area contributed by atoms with Crippen LogP contribution >= 0.6 is 0 Å². The molecule has 1 aromatic carbocycles. The van der Waals surface area contributed by atoms with Gasteiger partial charge >= 0.3 is 0 Å². The summed E-state index contributed by atoms with van der Waals surface area (Å²) in [5.74, 6) is 0. The van der Waals surface area contributed by atoms with Gasteiger partial charge in [0.25, 0.3) is 0 Å². The molecule has 1 heteroatoms. The highest BCUT2D eigenvalue weighted by atomic mass is 16.5. The molecule has 0 spiro atoms. The highest BCUT2D eigenvalue weighted by Gasteiger charge is 2.13. The fourth-order valence-corrected chi connectivity index (χ4v) is 1.99. The molecule has 0 aliphatic carbocycles. The minimum atomic E-state index is 0.235. The Hall–Kier alpha value is -0.820. The van der Waals surface area contributed by atoms with Gasteiger partial charge in [-0.2, -0.15) is 0 Å². The first-order valence-electron chi connectivity index (χ1n) is 6.54. The van der Waals surface area contributed by atoms with Gasteiger partial charge in [-0.05, 0) is 43.7 Å². The monoisotopic (exact) mass is 234 g/mol. The predicted molar refractivity (Wildman–Crippen MR) is 74.5 cm³/mol. The third-order valence-corrected chi connectivity index (χ3v) is 2.85. The first-order valence-corrected chi connectivity index (χ1v) is 6.54. The Kier molecular flexibility index (Phi) is 4.76. The minimum absolute atomic E-state index is 0.235. The zero-order chi connectivity index (χ0) is 13.1. The molecule has 0 aromatic heterocycles. The van der Waals surface area contributed by atoms with Crippen molar-refractivity contribution in [2.24, 2.45) is 0 Å². The summed E-state index contributed by atoms with van der Waals surface area (Å²) in [6.07, 6.45) is 1.58. The summed E-state index contributed by atoms with van der Waals surface area (Å²) in [4.78, 5) is 0. The molecule has 1 unspecified atom stereocenters. The minimum Gasteiger partial charge on any atom is -0.376 e. The van der Waals surface area contributed by atoms with Crippen molar-refractivity contribution >= 4 is 0 Å². The van der Waals surface area contributed by atoms with E-state index in [9.17, 15) is 0 Å². The van der Waals surface area contributed by atoms with Gasteiger partial charge in [0.15, 0.2) is 0 Å². The molecular formula is C16H26O. The van der Waals surface area contributed by atoms with Crippen LogP contribution in [0.3, 0.4) is 0 Å². The summed E-state index contributed by atoms with van der Waals surface area (Å²) >= 11 is 0. The van der Waals surface area contributed by atoms with Gasteiger partial charge in [0.05, 0.1) is 12.2 Å². The smallest absolute Gasteiger partial charge is 0.0590 e. The van der Waals surface area contributed by atoms with Gasteiger partial charge in [0.2, 0.25) is 0 Å². The Morgan fingerprint density at radius 1 is 1.00 bits per heavy atom. The Morgan fingerprint density at radius 2 is 1.53 bits per heavy atom. The topological polar surface area (TPSA) is 9.23 Å². The SMILES string of the molecule is CC(C)OC(C)Cc1ccc(C(C)(C)C)cc1. The molecule has 0 amide bonds. The Balaban J connectivity index is 2.63. The van der Waals surface area contributed by atoms with Crippen LogP contribution in [-0.2, 0) is 16.6 Å². The summed E-state index contributed by atoms with van der Waals surface area (Å²) in [6, 6.07) is 8.91. The van der Waals surface area contributed by atoms with Crippen LogP contribution < -0.4 is 0 Å². The zero-order valence-corrected chi connectivity index (χ0v) is 12.1. The van der Waals surface area contributed by atoms with Crippen molar-refractivity contribution < 1.29 is 4.74 Å². The van der Waals surface area contributed by atoms with Crippen LogP contribution in [-0.4, -0.2) is 12.2 Å². The van der Waals surface area contributed by atoms with Gasteiger partial charge < -0.3 is 4.74 Å². The van der Waals surface area contributed by atoms with Crippen molar-refractivity contribution in [2.45, 2.75) is 65.6 Å². The van der Waals surface area contributed by atoms with E-state index in [1.807, 2.05) is 0 Å². The third-order valence-electron chi connectivity index (χ3n) is 2.85. The highest BCUT2D eigenvalue weighted by molar-refractivity contribution is 5.27. The van der Waals surface area contributed by atoms with E-state index in [1.165, 1.54) is 11.1 Å². The predicted octanol–water partition coefficient (Wildman–Crippen LogP) is 4.34. The second kappa shape index (κ2) is 5.68.